The van der Waals surface area contributed by atoms with Crippen LogP contribution in [0, 0.1) is 0 Å². The molecule has 0 spiro atoms. The summed E-state index contributed by atoms with van der Waals surface area (Å²) in [5.74, 6) is 1.99. The Kier molecular flexibility index (Phi) is 3.45. The Labute approximate surface area is 116 Å². The van der Waals surface area contributed by atoms with Gasteiger partial charge in [-0.3, -0.25) is 4.68 Å². The van der Waals surface area contributed by atoms with E-state index in [0.717, 1.165) is 17.9 Å². The molecule has 0 aliphatic rings. The Bertz CT molecular complexity index is 659. The lowest BCUT2D eigenvalue weighted by molar-refractivity contribution is 0.369. The number of aryl methyl sites for hydroxylation is 2. The van der Waals surface area contributed by atoms with Gasteiger partial charge in [-0.25, -0.2) is 0 Å². The van der Waals surface area contributed by atoms with Crippen molar-refractivity contribution in [3.05, 3.63) is 48.6 Å². The molecule has 6 nitrogen and oxygen atoms in total. The molecule has 2 heterocycles. The van der Waals surface area contributed by atoms with E-state index in [1.807, 2.05) is 41.2 Å². The highest BCUT2D eigenvalue weighted by molar-refractivity contribution is 5.55. The smallest absolute Gasteiger partial charge is 0.228 e. The number of nitrogens with zero attached hydrogens (tertiary/aromatic N) is 4. The summed E-state index contributed by atoms with van der Waals surface area (Å²) in [6, 6.07) is 9.43. The van der Waals surface area contributed by atoms with Gasteiger partial charge in [-0.15, -0.1) is 0 Å². The SMILES string of the molecule is COc1ccc(-c2noc(CCn3cccn3)n2)cc1. The number of benzene rings is 1. The highest BCUT2D eigenvalue weighted by atomic mass is 16.5. The fourth-order valence-corrected chi connectivity index (χ4v) is 1.86. The van der Waals surface area contributed by atoms with Crippen molar-refractivity contribution in [3.63, 3.8) is 0 Å². The number of hydrogen-bond acceptors (Lipinski definition) is 5. The van der Waals surface area contributed by atoms with Crippen LogP contribution in [0.15, 0.2) is 47.2 Å². The monoisotopic (exact) mass is 270 g/mol. The zero-order valence-corrected chi connectivity index (χ0v) is 11.1. The molecule has 20 heavy (non-hydrogen) atoms. The van der Waals surface area contributed by atoms with Crippen molar-refractivity contribution in [2.75, 3.05) is 7.11 Å². The quantitative estimate of drug-likeness (QED) is 0.711. The van der Waals surface area contributed by atoms with E-state index in [1.54, 1.807) is 13.3 Å². The fraction of sp³-hybridized carbons (Fsp3) is 0.214. The first-order valence-corrected chi connectivity index (χ1v) is 6.29. The van der Waals surface area contributed by atoms with Crippen LogP contribution >= 0.6 is 0 Å². The van der Waals surface area contributed by atoms with Crippen LogP contribution < -0.4 is 4.74 Å². The number of aromatic nitrogens is 4. The van der Waals surface area contributed by atoms with Gasteiger partial charge in [-0.1, -0.05) is 5.16 Å². The van der Waals surface area contributed by atoms with Gasteiger partial charge in [0.05, 0.1) is 7.11 Å². The predicted octanol–water partition coefficient (Wildman–Crippen LogP) is 2.18. The molecule has 3 aromatic rings. The fourth-order valence-electron chi connectivity index (χ4n) is 1.86. The molecule has 1 aromatic carbocycles. The van der Waals surface area contributed by atoms with E-state index in [9.17, 15) is 0 Å². The van der Waals surface area contributed by atoms with Crippen molar-refractivity contribution >= 4 is 0 Å². The van der Waals surface area contributed by atoms with Crippen molar-refractivity contribution in [2.24, 2.45) is 0 Å². The van der Waals surface area contributed by atoms with Crippen LogP contribution in [0.4, 0.5) is 0 Å². The highest BCUT2D eigenvalue weighted by Crippen LogP contribution is 2.19. The van der Waals surface area contributed by atoms with Crippen LogP contribution in [0.25, 0.3) is 11.4 Å². The molecule has 3 rings (SSSR count). The van der Waals surface area contributed by atoms with E-state index in [-0.39, 0.29) is 0 Å². The lowest BCUT2D eigenvalue weighted by Crippen LogP contribution is -2.01. The zero-order chi connectivity index (χ0) is 13.8. The largest absolute Gasteiger partial charge is 0.497 e. The molecule has 2 aromatic heterocycles. The molecule has 0 aliphatic carbocycles. The summed E-state index contributed by atoms with van der Waals surface area (Å²) in [6.07, 6.45) is 4.31. The average molecular weight is 270 g/mol. The third-order valence-corrected chi connectivity index (χ3v) is 2.93. The van der Waals surface area contributed by atoms with Gasteiger partial charge < -0.3 is 9.26 Å². The molecule has 0 radical (unpaired) electrons. The van der Waals surface area contributed by atoms with E-state index >= 15 is 0 Å². The molecule has 0 saturated heterocycles. The first-order chi connectivity index (χ1) is 9.85. The van der Waals surface area contributed by atoms with Crippen molar-refractivity contribution < 1.29 is 9.26 Å². The van der Waals surface area contributed by atoms with Gasteiger partial charge in [-0.05, 0) is 30.3 Å². The highest BCUT2D eigenvalue weighted by Gasteiger charge is 2.08. The summed E-state index contributed by atoms with van der Waals surface area (Å²) in [5, 5.41) is 8.11. The Morgan fingerprint density at radius 2 is 2.10 bits per heavy atom. The van der Waals surface area contributed by atoms with Crippen molar-refractivity contribution in [1.29, 1.82) is 0 Å². The topological polar surface area (TPSA) is 66.0 Å². The van der Waals surface area contributed by atoms with Crippen LogP contribution in [0.3, 0.4) is 0 Å². The van der Waals surface area contributed by atoms with Crippen molar-refractivity contribution in [1.82, 2.24) is 19.9 Å². The predicted molar refractivity (Wildman–Crippen MR) is 72.2 cm³/mol. The number of ether oxygens (including phenoxy) is 1. The van der Waals surface area contributed by atoms with Gasteiger partial charge in [-0.2, -0.15) is 10.1 Å². The molecular weight excluding hydrogens is 256 g/mol. The maximum atomic E-state index is 5.24. The maximum Gasteiger partial charge on any atom is 0.228 e. The Hall–Kier alpha value is -2.63. The van der Waals surface area contributed by atoms with Crippen LogP contribution in [0.5, 0.6) is 5.75 Å². The van der Waals surface area contributed by atoms with E-state index < -0.39 is 0 Å². The molecule has 0 bridgehead atoms. The van der Waals surface area contributed by atoms with Crippen LogP contribution in [-0.2, 0) is 13.0 Å². The third-order valence-electron chi connectivity index (χ3n) is 2.93. The van der Waals surface area contributed by atoms with Gasteiger partial charge >= 0.3 is 0 Å². The van der Waals surface area contributed by atoms with Crippen molar-refractivity contribution in [3.8, 4) is 17.1 Å². The van der Waals surface area contributed by atoms with Gasteiger partial charge in [0.1, 0.15) is 5.75 Å². The van der Waals surface area contributed by atoms with E-state index in [0.29, 0.717) is 18.1 Å². The van der Waals surface area contributed by atoms with Crippen LogP contribution in [0.1, 0.15) is 5.89 Å². The lowest BCUT2D eigenvalue weighted by atomic mass is 10.2. The normalized spacial score (nSPS) is 10.7. The number of hydrogen-bond donors (Lipinski definition) is 0. The summed E-state index contributed by atoms with van der Waals surface area (Å²) in [4.78, 5) is 4.38. The average Bonchev–Trinajstić information content (AvgIpc) is 3.17. The summed E-state index contributed by atoms with van der Waals surface area (Å²) in [6.45, 7) is 0.719. The van der Waals surface area contributed by atoms with E-state index in [1.165, 1.54) is 0 Å². The molecular formula is C14H14N4O2. The molecule has 102 valence electrons. The van der Waals surface area contributed by atoms with Gasteiger partial charge in [0, 0.05) is 30.9 Å². The summed E-state index contributed by atoms with van der Waals surface area (Å²) < 4.78 is 12.2. The van der Waals surface area contributed by atoms with Crippen LogP contribution in [-0.4, -0.2) is 27.0 Å². The molecule has 0 amide bonds. The first kappa shape index (κ1) is 12.4. The minimum absolute atomic E-state index is 0.586. The van der Waals surface area contributed by atoms with Crippen LogP contribution in [0.2, 0.25) is 0 Å². The third kappa shape index (κ3) is 2.69. The second kappa shape index (κ2) is 5.56. The Balaban J connectivity index is 1.69. The van der Waals surface area contributed by atoms with Gasteiger partial charge in [0.15, 0.2) is 0 Å². The van der Waals surface area contributed by atoms with E-state index in [4.69, 9.17) is 9.26 Å². The van der Waals surface area contributed by atoms with Gasteiger partial charge in [0.25, 0.3) is 0 Å². The molecule has 6 heteroatoms. The summed E-state index contributed by atoms with van der Waals surface area (Å²) in [5.41, 5.74) is 0.903. The molecule has 0 unspecified atom stereocenters. The molecule has 0 atom stereocenters. The molecule has 0 saturated carbocycles. The van der Waals surface area contributed by atoms with Crippen molar-refractivity contribution in [2.45, 2.75) is 13.0 Å². The second-order valence-corrected chi connectivity index (χ2v) is 4.26. The maximum absolute atomic E-state index is 5.24. The molecule has 0 aliphatic heterocycles. The first-order valence-electron chi connectivity index (χ1n) is 6.29. The van der Waals surface area contributed by atoms with E-state index in [2.05, 4.69) is 15.2 Å². The Morgan fingerprint density at radius 3 is 2.80 bits per heavy atom. The summed E-state index contributed by atoms with van der Waals surface area (Å²) in [7, 11) is 1.64. The minimum atomic E-state index is 0.586. The summed E-state index contributed by atoms with van der Waals surface area (Å²) >= 11 is 0. The molecule has 0 N–H and O–H groups in total. The minimum Gasteiger partial charge on any atom is -0.497 e. The van der Waals surface area contributed by atoms with Gasteiger partial charge in [0.2, 0.25) is 11.7 Å². The second-order valence-electron chi connectivity index (χ2n) is 4.26. The number of rotatable bonds is 5. The standard InChI is InChI=1S/C14H14N4O2/c1-19-12-5-3-11(4-6-12)14-16-13(20-17-14)7-10-18-9-2-8-15-18/h2-6,8-9H,7,10H2,1H3. The Morgan fingerprint density at radius 1 is 1.25 bits per heavy atom. The zero-order valence-electron chi connectivity index (χ0n) is 11.1. The molecule has 0 fully saturated rings. The number of methoxy groups -OCH3 is 1. The lowest BCUT2D eigenvalue weighted by Gasteiger charge is -1.99.